The van der Waals surface area contributed by atoms with E-state index < -0.39 is 5.91 Å². The monoisotopic (exact) mass is 351 g/mol. The summed E-state index contributed by atoms with van der Waals surface area (Å²) in [5.41, 5.74) is 6.18. The molecule has 0 aliphatic rings. The first-order chi connectivity index (χ1) is 11.5. The molecule has 0 fully saturated rings. The van der Waals surface area contributed by atoms with Crippen LogP contribution in [0.4, 0.5) is 0 Å². The number of primary amides is 1. The zero-order valence-corrected chi connectivity index (χ0v) is 14.7. The normalized spacial score (nSPS) is 12.2. The fourth-order valence-electron chi connectivity index (χ4n) is 2.39. The van der Waals surface area contributed by atoms with Crippen LogP contribution in [-0.4, -0.2) is 37.1 Å². The van der Waals surface area contributed by atoms with Crippen LogP contribution in [0.25, 0.3) is 10.2 Å². The van der Waals surface area contributed by atoms with Crippen LogP contribution in [0.2, 0.25) is 0 Å². The minimum atomic E-state index is -0.593. The third-order valence-electron chi connectivity index (χ3n) is 3.44. The summed E-state index contributed by atoms with van der Waals surface area (Å²) < 4.78 is 11.7. The van der Waals surface area contributed by atoms with Crippen molar-refractivity contribution in [2.45, 2.75) is 26.3 Å². The smallest absolute Gasteiger partial charge is 0.254 e. The standard InChI is InChI=1S/C16H21N3O4S/c1-9(2)4-10(18-8-20)6-23-12-7-24-13-5-11(15(17)21)16(22-3)19-14(12)13/h5,7-10H,4,6H2,1-3H3,(H2,17,21)(H,18,20). The first-order valence-corrected chi connectivity index (χ1v) is 8.42. The Bertz CT molecular complexity index is 729. The summed E-state index contributed by atoms with van der Waals surface area (Å²) in [6, 6.07) is 1.57. The maximum Gasteiger partial charge on any atom is 0.254 e. The molecule has 0 aromatic carbocycles. The number of pyridine rings is 1. The number of hydrogen-bond acceptors (Lipinski definition) is 6. The van der Waals surface area contributed by atoms with Crippen LogP contribution in [0.5, 0.6) is 11.6 Å². The quantitative estimate of drug-likeness (QED) is 0.672. The predicted octanol–water partition coefficient (Wildman–Crippen LogP) is 1.94. The maximum atomic E-state index is 11.5. The zero-order chi connectivity index (χ0) is 17.7. The molecule has 2 aromatic heterocycles. The summed E-state index contributed by atoms with van der Waals surface area (Å²) in [7, 11) is 1.43. The molecule has 2 aromatic rings. The molecule has 130 valence electrons. The SMILES string of the molecule is COc1nc2c(OCC(CC(C)C)NC=O)csc2cc1C(N)=O. The maximum absolute atomic E-state index is 11.5. The second-order valence-electron chi connectivity index (χ2n) is 5.78. The highest BCUT2D eigenvalue weighted by atomic mass is 32.1. The Morgan fingerprint density at radius 3 is 2.83 bits per heavy atom. The number of rotatable bonds is 9. The number of methoxy groups -OCH3 is 1. The Kier molecular flexibility index (Phi) is 5.97. The van der Waals surface area contributed by atoms with Crippen LogP contribution in [-0.2, 0) is 4.79 Å². The molecule has 0 radical (unpaired) electrons. The van der Waals surface area contributed by atoms with Gasteiger partial charge in [-0.2, -0.15) is 0 Å². The van der Waals surface area contributed by atoms with Crippen LogP contribution in [0.3, 0.4) is 0 Å². The number of ether oxygens (including phenoxy) is 2. The van der Waals surface area contributed by atoms with E-state index in [1.165, 1.54) is 18.4 Å². The molecule has 1 unspecified atom stereocenters. The third-order valence-corrected chi connectivity index (χ3v) is 4.33. The van der Waals surface area contributed by atoms with E-state index in [1.54, 1.807) is 6.07 Å². The highest BCUT2D eigenvalue weighted by Crippen LogP contribution is 2.34. The largest absolute Gasteiger partial charge is 0.488 e. The first kappa shape index (κ1) is 18.0. The van der Waals surface area contributed by atoms with E-state index in [0.717, 1.165) is 11.1 Å². The topological polar surface area (TPSA) is 104 Å². The van der Waals surface area contributed by atoms with Crippen molar-refractivity contribution < 1.29 is 19.1 Å². The van der Waals surface area contributed by atoms with Gasteiger partial charge in [0.15, 0.2) is 5.75 Å². The second-order valence-corrected chi connectivity index (χ2v) is 6.69. The zero-order valence-electron chi connectivity index (χ0n) is 13.9. The molecule has 0 spiro atoms. The molecule has 8 heteroatoms. The van der Waals surface area contributed by atoms with Gasteiger partial charge in [-0.1, -0.05) is 13.8 Å². The molecule has 0 saturated heterocycles. The van der Waals surface area contributed by atoms with Gasteiger partial charge in [-0.3, -0.25) is 9.59 Å². The van der Waals surface area contributed by atoms with Gasteiger partial charge in [0.25, 0.3) is 5.91 Å². The number of aromatic nitrogens is 1. The molecular weight excluding hydrogens is 330 g/mol. The summed E-state index contributed by atoms with van der Waals surface area (Å²) in [6.07, 6.45) is 1.49. The molecule has 0 aliphatic heterocycles. The highest BCUT2D eigenvalue weighted by Gasteiger charge is 2.17. The molecule has 1 atom stereocenters. The number of amides is 2. The second kappa shape index (κ2) is 7.96. The Labute approximate surface area is 144 Å². The summed E-state index contributed by atoms with van der Waals surface area (Å²) >= 11 is 1.40. The fourth-order valence-corrected chi connectivity index (χ4v) is 3.25. The van der Waals surface area contributed by atoms with Gasteiger partial charge in [0.05, 0.1) is 17.9 Å². The number of fused-ring (bicyclic) bond motifs is 1. The van der Waals surface area contributed by atoms with Crippen LogP contribution < -0.4 is 20.5 Å². The van der Waals surface area contributed by atoms with Crippen LogP contribution in [0, 0.1) is 5.92 Å². The molecule has 7 nitrogen and oxygen atoms in total. The van der Waals surface area contributed by atoms with E-state index in [0.29, 0.717) is 30.2 Å². The van der Waals surface area contributed by atoms with Crippen molar-refractivity contribution in [1.29, 1.82) is 0 Å². The van der Waals surface area contributed by atoms with Crippen molar-refractivity contribution in [3.63, 3.8) is 0 Å². The van der Waals surface area contributed by atoms with E-state index in [1.807, 2.05) is 5.38 Å². The lowest BCUT2D eigenvalue weighted by atomic mass is 10.0. The van der Waals surface area contributed by atoms with Crippen molar-refractivity contribution in [3.8, 4) is 11.6 Å². The Morgan fingerprint density at radius 2 is 2.25 bits per heavy atom. The van der Waals surface area contributed by atoms with Crippen molar-refractivity contribution >= 4 is 33.9 Å². The summed E-state index contributed by atoms with van der Waals surface area (Å²) in [6.45, 7) is 4.50. The number of hydrogen-bond donors (Lipinski definition) is 2. The minimum Gasteiger partial charge on any atom is -0.488 e. The van der Waals surface area contributed by atoms with Gasteiger partial charge < -0.3 is 20.5 Å². The summed E-state index contributed by atoms with van der Waals surface area (Å²) in [5.74, 6) is 0.597. The van der Waals surface area contributed by atoms with Crippen LogP contribution in [0.15, 0.2) is 11.4 Å². The lowest BCUT2D eigenvalue weighted by Crippen LogP contribution is -2.34. The fraction of sp³-hybridized carbons (Fsp3) is 0.438. The number of nitrogens with two attached hydrogens (primary N) is 1. The van der Waals surface area contributed by atoms with Gasteiger partial charge in [-0.05, 0) is 18.4 Å². The van der Waals surface area contributed by atoms with Gasteiger partial charge >= 0.3 is 0 Å². The molecule has 0 aliphatic carbocycles. The van der Waals surface area contributed by atoms with E-state index >= 15 is 0 Å². The average molecular weight is 351 g/mol. The van der Waals surface area contributed by atoms with Gasteiger partial charge in [0, 0.05) is 5.38 Å². The van der Waals surface area contributed by atoms with Crippen LogP contribution >= 0.6 is 11.3 Å². The lowest BCUT2D eigenvalue weighted by molar-refractivity contribution is -0.110. The highest BCUT2D eigenvalue weighted by molar-refractivity contribution is 7.17. The molecule has 24 heavy (non-hydrogen) atoms. The molecule has 2 rings (SSSR count). The minimum absolute atomic E-state index is 0.0794. The van der Waals surface area contributed by atoms with E-state index in [2.05, 4.69) is 24.1 Å². The van der Waals surface area contributed by atoms with Crippen molar-refractivity contribution in [2.24, 2.45) is 11.7 Å². The van der Waals surface area contributed by atoms with Crippen molar-refractivity contribution in [3.05, 3.63) is 17.0 Å². The number of nitrogens with one attached hydrogen (secondary N) is 1. The Hall–Kier alpha value is -2.35. The Balaban J connectivity index is 2.23. The van der Waals surface area contributed by atoms with Gasteiger partial charge in [-0.15, -0.1) is 11.3 Å². The molecule has 0 saturated carbocycles. The number of carbonyl (C=O) groups is 2. The summed E-state index contributed by atoms with van der Waals surface area (Å²) in [4.78, 5) is 26.5. The van der Waals surface area contributed by atoms with E-state index in [4.69, 9.17) is 15.2 Å². The van der Waals surface area contributed by atoms with Crippen LogP contribution in [0.1, 0.15) is 30.6 Å². The lowest BCUT2D eigenvalue weighted by Gasteiger charge is -2.18. The van der Waals surface area contributed by atoms with Gasteiger partial charge in [0.1, 0.15) is 17.7 Å². The average Bonchev–Trinajstić information content (AvgIpc) is 2.93. The van der Waals surface area contributed by atoms with Crippen molar-refractivity contribution in [1.82, 2.24) is 10.3 Å². The van der Waals surface area contributed by atoms with Gasteiger partial charge in [0.2, 0.25) is 12.3 Å². The molecule has 2 heterocycles. The van der Waals surface area contributed by atoms with Crippen molar-refractivity contribution in [2.75, 3.05) is 13.7 Å². The summed E-state index contributed by atoms with van der Waals surface area (Å²) in [5, 5.41) is 4.58. The Morgan fingerprint density at radius 1 is 1.50 bits per heavy atom. The molecule has 0 bridgehead atoms. The molecule has 3 N–H and O–H groups in total. The number of nitrogens with zero attached hydrogens (tertiary/aromatic N) is 1. The number of carbonyl (C=O) groups excluding carboxylic acids is 2. The predicted molar refractivity (Wildman–Crippen MR) is 92.6 cm³/mol. The molecular formula is C16H21N3O4S. The van der Waals surface area contributed by atoms with Gasteiger partial charge in [-0.25, -0.2) is 4.98 Å². The molecule has 2 amide bonds. The van der Waals surface area contributed by atoms with E-state index in [9.17, 15) is 9.59 Å². The first-order valence-electron chi connectivity index (χ1n) is 7.54. The number of thiophene rings is 1. The third kappa shape index (κ3) is 4.14. The van der Waals surface area contributed by atoms with E-state index in [-0.39, 0.29) is 17.5 Å².